The molecule has 2 aromatic carbocycles. The zero-order valence-electron chi connectivity index (χ0n) is 20.0. The molecule has 0 radical (unpaired) electrons. The van der Waals surface area contributed by atoms with Crippen LogP contribution in [0, 0.1) is 0 Å². The van der Waals surface area contributed by atoms with Gasteiger partial charge in [-0.2, -0.15) is 13.2 Å². The Balaban J connectivity index is 1.74. The molecular weight excluding hydrogens is 581 g/mol. The van der Waals surface area contributed by atoms with Crippen molar-refractivity contribution in [2.24, 2.45) is 0 Å². The molecule has 2 heterocycles. The summed E-state index contributed by atoms with van der Waals surface area (Å²) in [6.07, 6.45) is -5.60. The number of aromatic nitrogens is 1. The van der Waals surface area contributed by atoms with Gasteiger partial charge in [0.2, 0.25) is 5.91 Å². The fourth-order valence-corrected chi connectivity index (χ4v) is 5.98. The van der Waals surface area contributed by atoms with Crippen molar-refractivity contribution < 1.29 is 49.8 Å². The van der Waals surface area contributed by atoms with Crippen LogP contribution in [0.25, 0.3) is 0 Å². The van der Waals surface area contributed by atoms with E-state index >= 15 is 0 Å². The van der Waals surface area contributed by atoms with Crippen LogP contribution in [0.15, 0.2) is 71.9 Å². The molecule has 0 saturated heterocycles. The highest BCUT2D eigenvalue weighted by Gasteiger charge is 2.38. The molecule has 3 aromatic rings. The van der Waals surface area contributed by atoms with E-state index in [1.807, 2.05) is 5.32 Å². The number of rotatable bonds is 7. The number of nitrogens with zero attached hydrogens (tertiary/aromatic N) is 3. The maximum absolute atomic E-state index is 13.6. The molecule has 12 nitrogen and oxygen atoms in total. The first kappa shape index (κ1) is 28.8. The zero-order chi connectivity index (χ0) is 29.2. The molecule has 0 saturated carbocycles. The van der Waals surface area contributed by atoms with E-state index in [-0.39, 0.29) is 22.8 Å². The van der Waals surface area contributed by atoms with Crippen molar-refractivity contribution in [2.45, 2.75) is 23.6 Å². The minimum atomic E-state index is -4.83. The van der Waals surface area contributed by atoms with Crippen LogP contribution in [0.2, 0.25) is 0 Å². The fourth-order valence-electron chi connectivity index (χ4n) is 3.89. The zero-order valence-corrected chi connectivity index (χ0v) is 21.6. The van der Waals surface area contributed by atoms with Crippen molar-refractivity contribution in [1.82, 2.24) is 4.98 Å². The lowest BCUT2D eigenvalue weighted by molar-refractivity contribution is -0.137. The van der Waals surface area contributed by atoms with Crippen LogP contribution < -0.4 is 18.7 Å². The van der Waals surface area contributed by atoms with Crippen LogP contribution in [-0.2, 0) is 32.3 Å². The third kappa shape index (κ3) is 6.16. The van der Waals surface area contributed by atoms with Gasteiger partial charge in [-0.15, -0.1) is 0 Å². The van der Waals surface area contributed by atoms with Crippen molar-refractivity contribution in [3.05, 3.63) is 72.6 Å². The number of anilines is 3. The Labute approximate surface area is 227 Å². The number of benzene rings is 2. The molecule has 1 aliphatic rings. The van der Waals surface area contributed by atoms with Gasteiger partial charge in [0.15, 0.2) is 0 Å². The SMILES string of the molecule is O=C(O)Nc1ccc2c(c1)N(S(=O)(=O)c1cccc(C(F)(F)F)c1)CC(CC(=O)N(c1ccncc1)S(=O)O)O2. The summed E-state index contributed by atoms with van der Waals surface area (Å²) >= 11 is -2.81. The maximum Gasteiger partial charge on any atom is 0.416 e. The molecule has 1 aromatic heterocycles. The van der Waals surface area contributed by atoms with E-state index in [0.29, 0.717) is 20.7 Å². The average Bonchev–Trinajstić information content (AvgIpc) is 2.88. The molecule has 40 heavy (non-hydrogen) atoms. The average molecular weight is 601 g/mol. The second-order valence-electron chi connectivity index (χ2n) is 8.24. The summed E-state index contributed by atoms with van der Waals surface area (Å²) in [6, 6.07) is 9.20. The maximum atomic E-state index is 13.6. The molecular formula is C23H19F3N4O8S2. The van der Waals surface area contributed by atoms with E-state index in [9.17, 15) is 39.9 Å². The summed E-state index contributed by atoms with van der Waals surface area (Å²) in [4.78, 5) is 27.2. The van der Waals surface area contributed by atoms with Gasteiger partial charge in [0.1, 0.15) is 11.9 Å². The highest BCUT2D eigenvalue weighted by molar-refractivity contribution is 7.92. The first-order valence-corrected chi connectivity index (χ1v) is 13.6. The summed E-state index contributed by atoms with van der Waals surface area (Å²) < 4.78 is 95.8. The Kier molecular flexibility index (Phi) is 7.99. The number of hydrogen-bond donors (Lipinski definition) is 3. The van der Waals surface area contributed by atoms with Gasteiger partial charge in [-0.25, -0.2) is 21.7 Å². The normalized spacial score (nSPS) is 15.9. The Hall–Kier alpha value is -4.22. The van der Waals surface area contributed by atoms with Crippen molar-refractivity contribution in [1.29, 1.82) is 0 Å². The number of halogens is 3. The topological polar surface area (TPSA) is 166 Å². The molecule has 2 amide bonds. The minimum absolute atomic E-state index is 0.0230. The number of pyridine rings is 1. The lowest BCUT2D eigenvalue weighted by Crippen LogP contribution is -2.46. The summed E-state index contributed by atoms with van der Waals surface area (Å²) in [5.74, 6) is -1.06. The third-order valence-electron chi connectivity index (χ3n) is 5.57. The van der Waals surface area contributed by atoms with E-state index in [1.54, 1.807) is 0 Å². The van der Waals surface area contributed by atoms with E-state index in [4.69, 9.17) is 9.84 Å². The standard InChI is InChI=1S/C23H19F3N4O8S2/c24-23(25,26)14-2-1-3-18(10-14)40(36,37)29-13-17(38-20-5-4-15(11-19(20)29)28-22(32)33)12-21(31)30(39(34)35)16-6-8-27-9-7-16/h1-11,17,28H,12-13H2,(H,32,33)(H,34,35). The summed E-state index contributed by atoms with van der Waals surface area (Å²) in [5.41, 5.74) is -1.46. The fraction of sp³-hybridized carbons (Fsp3) is 0.174. The van der Waals surface area contributed by atoms with Gasteiger partial charge in [0.25, 0.3) is 21.3 Å². The molecule has 0 spiro atoms. The largest absolute Gasteiger partial charge is 0.486 e. The first-order valence-electron chi connectivity index (χ1n) is 11.1. The summed E-state index contributed by atoms with van der Waals surface area (Å²) in [7, 11) is -4.73. The first-order chi connectivity index (χ1) is 18.8. The molecule has 2 atom stereocenters. The predicted molar refractivity (Wildman–Crippen MR) is 136 cm³/mol. The highest BCUT2D eigenvalue weighted by Crippen LogP contribution is 2.40. The molecule has 2 unspecified atom stereocenters. The van der Waals surface area contributed by atoms with E-state index < -0.39 is 69.0 Å². The van der Waals surface area contributed by atoms with Gasteiger partial charge in [-0.1, -0.05) is 6.07 Å². The van der Waals surface area contributed by atoms with Crippen molar-refractivity contribution in [3.63, 3.8) is 0 Å². The quantitative estimate of drug-likeness (QED) is 0.343. The number of nitrogens with one attached hydrogen (secondary N) is 1. The highest BCUT2D eigenvalue weighted by atomic mass is 32.2. The van der Waals surface area contributed by atoms with Gasteiger partial charge >= 0.3 is 12.3 Å². The van der Waals surface area contributed by atoms with Gasteiger partial charge < -0.3 is 9.84 Å². The van der Waals surface area contributed by atoms with E-state index in [2.05, 4.69) is 4.98 Å². The molecule has 0 fully saturated rings. The number of hydrogen-bond acceptors (Lipinski definition) is 7. The number of carboxylic acid groups (broad SMARTS) is 1. The number of ether oxygens (including phenoxy) is 1. The number of alkyl halides is 3. The molecule has 4 rings (SSSR count). The molecule has 212 valence electrons. The Morgan fingerprint density at radius 2 is 1.85 bits per heavy atom. The number of sulfonamides is 1. The Bertz CT molecular complexity index is 1570. The number of amides is 2. The number of carbonyl (C=O) groups is 2. The lowest BCUT2D eigenvalue weighted by atomic mass is 10.1. The summed E-state index contributed by atoms with van der Waals surface area (Å²) in [5, 5.41) is 11.1. The van der Waals surface area contributed by atoms with Crippen LogP contribution in [0.5, 0.6) is 5.75 Å². The molecule has 3 N–H and O–H groups in total. The van der Waals surface area contributed by atoms with Gasteiger partial charge in [0, 0.05) is 18.1 Å². The van der Waals surface area contributed by atoms with Crippen LogP contribution in [0.4, 0.5) is 35.0 Å². The second-order valence-corrected chi connectivity index (χ2v) is 10.9. The van der Waals surface area contributed by atoms with Crippen molar-refractivity contribution in [3.8, 4) is 5.75 Å². The Morgan fingerprint density at radius 1 is 1.15 bits per heavy atom. The van der Waals surface area contributed by atoms with Crippen LogP contribution in [-0.4, -0.2) is 51.9 Å². The molecule has 0 aliphatic carbocycles. The summed E-state index contributed by atoms with van der Waals surface area (Å²) in [6.45, 7) is -0.601. The Morgan fingerprint density at radius 3 is 2.48 bits per heavy atom. The van der Waals surface area contributed by atoms with Crippen LogP contribution >= 0.6 is 0 Å². The van der Waals surface area contributed by atoms with Gasteiger partial charge in [-0.3, -0.25) is 24.0 Å². The smallest absolute Gasteiger partial charge is 0.416 e. The minimum Gasteiger partial charge on any atom is -0.486 e. The molecule has 17 heteroatoms. The van der Waals surface area contributed by atoms with Crippen molar-refractivity contribution in [2.75, 3.05) is 20.5 Å². The van der Waals surface area contributed by atoms with E-state index in [1.165, 1.54) is 36.7 Å². The third-order valence-corrected chi connectivity index (χ3v) is 8.08. The van der Waals surface area contributed by atoms with Crippen LogP contribution in [0.1, 0.15) is 12.0 Å². The monoisotopic (exact) mass is 600 g/mol. The van der Waals surface area contributed by atoms with E-state index in [0.717, 1.165) is 18.2 Å². The predicted octanol–water partition coefficient (Wildman–Crippen LogP) is 3.71. The molecule has 0 bridgehead atoms. The van der Waals surface area contributed by atoms with Crippen LogP contribution in [0.3, 0.4) is 0 Å². The molecule has 1 aliphatic heterocycles. The van der Waals surface area contributed by atoms with Gasteiger partial charge in [0.05, 0.1) is 34.8 Å². The number of fused-ring (bicyclic) bond motifs is 1. The van der Waals surface area contributed by atoms with Gasteiger partial charge in [-0.05, 0) is 48.5 Å². The number of carbonyl (C=O) groups excluding carboxylic acids is 1. The lowest BCUT2D eigenvalue weighted by Gasteiger charge is -2.36. The second kappa shape index (κ2) is 11.1. The van der Waals surface area contributed by atoms with Crippen molar-refractivity contribution >= 4 is 50.4 Å².